The van der Waals surface area contributed by atoms with Gasteiger partial charge in [0.25, 0.3) is 0 Å². The average Bonchev–Trinajstić information content (AvgIpc) is 2.36. The van der Waals surface area contributed by atoms with Gasteiger partial charge in [-0.15, -0.1) is 0 Å². The molecule has 1 amide bonds. The lowest BCUT2D eigenvalue weighted by Crippen LogP contribution is -2.35. The minimum atomic E-state index is -1.22. The number of Topliss-reactive ketones (excluding diaryl/α,β-unsaturated/α-hetero) is 1. The van der Waals surface area contributed by atoms with Gasteiger partial charge in [0.2, 0.25) is 5.91 Å². The van der Waals surface area contributed by atoms with Gasteiger partial charge < -0.3 is 5.32 Å². The standard InChI is InChI=1S/C16H20N2O2/c1-16(2,3)9-14(19)13(10-17)15(20)18-11-12-7-5-4-6-8-12/h4-8,13H,9,11H2,1-3H3,(H,18,20)/t13-/m0/s1. The highest BCUT2D eigenvalue weighted by Crippen LogP contribution is 2.21. The predicted molar refractivity (Wildman–Crippen MR) is 76.5 cm³/mol. The molecule has 0 bridgehead atoms. The lowest BCUT2D eigenvalue weighted by molar-refractivity contribution is -0.132. The Kier molecular flexibility index (Phi) is 5.45. The van der Waals surface area contributed by atoms with Crippen molar-refractivity contribution in [3.63, 3.8) is 0 Å². The maximum atomic E-state index is 12.0. The molecule has 1 rings (SSSR count). The number of nitrogens with one attached hydrogen (secondary N) is 1. The van der Waals surface area contributed by atoms with Crippen molar-refractivity contribution in [1.29, 1.82) is 5.26 Å². The Morgan fingerprint density at radius 2 is 1.85 bits per heavy atom. The summed E-state index contributed by atoms with van der Waals surface area (Å²) in [5, 5.41) is 11.7. The number of carbonyl (C=O) groups is 2. The number of benzene rings is 1. The number of amides is 1. The van der Waals surface area contributed by atoms with E-state index in [1.54, 1.807) is 6.07 Å². The van der Waals surface area contributed by atoms with Crippen LogP contribution in [0.15, 0.2) is 30.3 Å². The molecule has 0 saturated carbocycles. The van der Waals surface area contributed by atoms with Gasteiger partial charge in [-0.25, -0.2) is 0 Å². The third kappa shape index (κ3) is 5.23. The first-order chi connectivity index (χ1) is 9.33. The summed E-state index contributed by atoms with van der Waals surface area (Å²) >= 11 is 0. The fourth-order valence-electron chi connectivity index (χ4n) is 1.79. The van der Waals surface area contributed by atoms with Gasteiger partial charge in [0.1, 0.15) is 0 Å². The fourth-order valence-corrected chi connectivity index (χ4v) is 1.79. The normalized spacial score (nSPS) is 12.3. The van der Waals surface area contributed by atoms with Crippen molar-refractivity contribution in [2.75, 3.05) is 0 Å². The molecule has 0 aliphatic heterocycles. The predicted octanol–water partition coefficient (Wildman–Crippen LogP) is 2.45. The molecule has 0 aromatic heterocycles. The largest absolute Gasteiger partial charge is 0.350 e. The molecule has 0 saturated heterocycles. The molecular weight excluding hydrogens is 252 g/mol. The highest BCUT2D eigenvalue weighted by molar-refractivity contribution is 6.04. The van der Waals surface area contributed by atoms with E-state index < -0.39 is 11.8 Å². The van der Waals surface area contributed by atoms with Crippen molar-refractivity contribution in [2.45, 2.75) is 33.7 Å². The van der Waals surface area contributed by atoms with E-state index in [9.17, 15) is 9.59 Å². The van der Waals surface area contributed by atoms with Gasteiger partial charge in [-0.3, -0.25) is 9.59 Å². The topological polar surface area (TPSA) is 70.0 Å². The Bertz CT molecular complexity index is 510. The molecule has 4 heteroatoms. The molecule has 0 unspecified atom stereocenters. The maximum Gasteiger partial charge on any atom is 0.245 e. The molecule has 1 N–H and O–H groups in total. The van der Waals surface area contributed by atoms with Crippen LogP contribution < -0.4 is 5.32 Å². The first-order valence-electron chi connectivity index (χ1n) is 6.57. The van der Waals surface area contributed by atoms with Gasteiger partial charge in [-0.1, -0.05) is 51.1 Å². The van der Waals surface area contributed by atoms with Gasteiger partial charge >= 0.3 is 0 Å². The second-order valence-electron chi connectivity index (χ2n) is 5.97. The van der Waals surface area contributed by atoms with E-state index in [4.69, 9.17) is 5.26 Å². The zero-order chi connectivity index (χ0) is 15.2. The van der Waals surface area contributed by atoms with Crippen molar-refractivity contribution in [1.82, 2.24) is 5.32 Å². The minimum absolute atomic E-state index is 0.212. The van der Waals surface area contributed by atoms with E-state index in [-0.39, 0.29) is 17.6 Å². The Labute approximate surface area is 119 Å². The van der Waals surface area contributed by atoms with Gasteiger partial charge in [-0.2, -0.15) is 5.26 Å². The van der Waals surface area contributed by atoms with Crippen LogP contribution in [0.25, 0.3) is 0 Å². The molecule has 4 nitrogen and oxygen atoms in total. The number of nitrogens with zero attached hydrogens (tertiary/aromatic N) is 1. The Balaban J connectivity index is 2.60. The van der Waals surface area contributed by atoms with Crippen LogP contribution in [-0.2, 0) is 16.1 Å². The second-order valence-corrected chi connectivity index (χ2v) is 5.97. The summed E-state index contributed by atoms with van der Waals surface area (Å²) in [6.07, 6.45) is 0.212. The molecular formula is C16H20N2O2. The van der Waals surface area contributed by atoms with Crippen LogP contribution >= 0.6 is 0 Å². The smallest absolute Gasteiger partial charge is 0.245 e. The monoisotopic (exact) mass is 272 g/mol. The summed E-state index contributed by atoms with van der Waals surface area (Å²) in [5.41, 5.74) is 0.701. The molecule has 1 aromatic rings. The third-order valence-corrected chi connectivity index (χ3v) is 2.73. The van der Waals surface area contributed by atoms with Crippen molar-refractivity contribution in [3.8, 4) is 6.07 Å². The molecule has 0 aliphatic carbocycles. The summed E-state index contributed by atoms with van der Waals surface area (Å²) in [5.74, 6) is -2.07. The lowest BCUT2D eigenvalue weighted by Gasteiger charge is -2.18. The molecule has 1 aromatic carbocycles. The number of ketones is 1. The van der Waals surface area contributed by atoms with Crippen molar-refractivity contribution < 1.29 is 9.59 Å². The van der Waals surface area contributed by atoms with Crippen molar-refractivity contribution >= 4 is 11.7 Å². The summed E-state index contributed by atoms with van der Waals surface area (Å²) in [7, 11) is 0. The van der Waals surface area contributed by atoms with Crippen LogP contribution in [0.2, 0.25) is 0 Å². The quantitative estimate of drug-likeness (QED) is 0.837. The van der Waals surface area contributed by atoms with E-state index in [0.717, 1.165) is 5.56 Å². The third-order valence-electron chi connectivity index (χ3n) is 2.73. The minimum Gasteiger partial charge on any atom is -0.350 e. The van der Waals surface area contributed by atoms with Gasteiger partial charge in [0, 0.05) is 13.0 Å². The molecule has 1 atom stereocenters. The van der Waals surface area contributed by atoms with E-state index in [1.165, 1.54) is 0 Å². The SMILES string of the molecule is CC(C)(C)CC(=O)[C@H](C#N)C(=O)NCc1ccccc1. The number of nitriles is 1. The second kappa shape index (κ2) is 6.85. The van der Waals surface area contributed by atoms with Crippen LogP contribution in [-0.4, -0.2) is 11.7 Å². The fraction of sp³-hybridized carbons (Fsp3) is 0.438. The summed E-state index contributed by atoms with van der Waals surface area (Å²) in [6, 6.07) is 11.2. The molecule has 20 heavy (non-hydrogen) atoms. The number of hydrogen-bond donors (Lipinski definition) is 1. The Morgan fingerprint density at radius 3 is 2.35 bits per heavy atom. The molecule has 0 radical (unpaired) electrons. The van der Waals surface area contributed by atoms with Crippen molar-refractivity contribution in [3.05, 3.63) is 35.9 Å². The lowest BCUT2D eigenvalue weighted by atomic mass is 9.86. The van der Waals surface area contributed by atoms with E-state index in [2.05, 4.69) is 5.32 Å². The molecule has 0 spiro atoms. The first kappa shape index (κ1) is 15.9. The Morgan fingerprint density at radius 1 is 1.25 bits per heavy atom. The van der Waals surface area contributed by atoms with Crippen LogP contribution in [0.1, 0.15) is 32.8 Å². The zero-order valence-corrected chi connectivity index (χ0v) is 12.1. The van der Waals surface area contributed by atoms with Crippen LogP contribution in [0.5, 0.6) is 0 Å². The van der Waals surface area contributed by atoms with E-state index >= 15 is 0 Å². The summed E-state index contributed by atoms with van der Waals surface area (Å²) in [4.78, 5) is 23.9. The van der Waals surface area contributed by atoms with E-state index in [1.807, 2.05) is 51.1 Å². The van der Waals surface area contributed by atoms with Crippen LogP contribution in [0.3, 0.4) is 0 Å². The summed E-state index contributed by atoms with van der Waals surface area (Å²) < 4.78 is 0. The Hall–Kier alpha value is -2.15. The number of rotatable bonds is 5. The first-order valence-corrected chi connectivity index (χ1v) is 6.57. The maximum absolute atomic E-state index is 12.0. The summed E-state index contributed by atoms with van der Waals surface area (Å²) in [6.45, 7) is 6.03. The van der Waals surface area contributed by atoms with Crippen LogP contribution in [0.4, 0.5) is 0 Å². The van der Waals surface area contributed by atoms with Gasteiger partial charge in [0.15, 0.2) is 11.7 Å². The zero-order valence-electron chi connectivity index (χ0n) is 12.1. The molecule has 106 valence electrons. The number of carbonyl (C=O) groups excluding carboxylic acids is 2. The van der Waals surface area contributed by atoms with Gasteiger partial charge in [0.05, 0.1) is 6.07 Å². The van der Waals surface area contributed by atoms with Gasteiger partial charge in [-0.05, 0) is 11.0 Å². The highest BCUT2D eigenvalue weighted by atomic mass is 16.2. The average molecular weight is 272 g/mol. The van der Waals surface area contributed by atoms with E-state index in [0.29, 0.717) is 6.54 Å². The molecule has 0 heterocycles. The molecule has 0 fully saturated rings. The number of hydrogen-bond acceptors (Lipinski definition) is 3. The van der Waals surface area contributed by atoms with Crippen LogP contribution in [0, 0.1) is 22.7 Å². The highest BCUT2D eigenvalue weighted by Gasteiger charge is 2.29. The van der Waals surface area contributed by atoms with Crippen molar-refractivity contribution in [2.24, 2.45) is 11.3 Å². The molecule has 0 aliphatic rings.